The van der Waals surface area contributed by atoms with Gasteiger partial charge in [0, 0.05) is 5.92 Å². The number of likely N-dealkylation sites (N-methyl/N-ethyl adjacent to an activating group) is 1. The van der Waals surface area contributed by atoms with Crippen LogP contribution in [0.1, 0.15) is 37.7 Å². The molecule has 1 heterocycles. The minimum atomic E-state index is -0.965. The van der Waals surface area contributed by atoms with E-state index in [1.165, 1.54) is 19.3 Å². The van der Waals surface area contributed by atoms with Gasteiger partial charge < -0.3 is 33.2 Å². The van der Waals surface area contributed by atoms with E-state index in [2.05, 4.69) is 33.3 Å². The molecule has 1 aromatic carbocycles. The average molecular weight is 463 g/mol. The zero-order chi connectivity index (χ0) is 16.5. The van der Waals surface area contributed by atoms with Crippen LogP contribution < -0.4 is 24.0 Å². The molecule has 1 aliphatic carbocycles. The van der Waals surface area contributed by atoms with E-state index in [-0.39, 0.29) is 30.1 Å². The van der Waals surface area contributed by atoms with Crippen molar-refractivity contribution in [2.75, 3.05) is 33.4 Å². The molecule has 1 aromatic rings. The SMILES string of the molecule is C[N+](C)(C)C[C@@H]1CS(=O)[C@@](c2ccccc2)(C2CCCCC2)O1.[I-]. The van der Waals surface area contributed by atoms with Gasteiger partial charge in [-0.1, -0.05) is 49.6 Å². The summed E-state index contributed by atoms with van der Waals surface area (Å²) in [6.07, 6.45) is 6.13. The Morgan fingerprint density at radius 3 is 2.33 bits per heavy atom. The van der Waals surface area contributed by atoms with E-state index in [0.717, 1.165) is 29.4 Å². The van der Waals surface area contributed by atoms with Crippen molar-refractivity contribution in [2.24, 2.45) is 5.92 Å². The molecular formula is C19H30INO2S. The summed E-state index contributed by atoms with van der Waals surface area (Å²) >= 11 is 0. The number of benzene rings is 1. The third-order valence-electron chi connectivity index (χ3n) is 5.09. The number of hydrogen-bond acceptors (Lipinski definition) is 2. The molecular weight excluding hydrogens is 433 g/mol. The van der Waals surface area contributed by atoms with Crippen LogP contribution in [0.5, 0.6) is 0 Å². The molecule has 1 aliphatic heterocycles. The predicted molar refractivity (Wildman–Crippen MR) is 95.5 cm³/mol. The lowest BCUT2D eigenvalue weighted by Gasteiger charge is -2.39. The van der Waals surface area contributed by atoms with Crippen molar-refractivity contribution in [1.29, 1.82) is 0 Å². The molecule has 3 nitrogen and oxygen atoms in total. The Bertz CT molecular complexity index is 554. The first kappa shape index (κ1) is 20.3. The quantitative estimate of drug-likeness (QED) is 0.474. The maximum atomic E-state index is 13.3. The van der Waals surface area contributed by atoms with Crippen LogP contribution in [0.3, 0.4) is 0 Å². The van der Waals surface area contributed by atoms with Crippen molar-refractivity contribution in [1.82, 2.24) is 0 Å². The van der Waals surface area contributed by atoms with Gasteiger partial charge in [-0.15, -0.1) is 0 Å². The van der Waals surface area contributed by atoms with Crippen LogP contribution in [0.2, 0.25) is 0 Å². The van der Waals surface area contributed by atoms with Crippen LogP contribution in [0.15, 0.2) is 30.3 Å². The second-order valence-electron chi connectivity index (χ2n) is 8.09. The standard InChI is InChI=1S/C19H30NO2S.HI/c1-20(2,3)14-18-15-23(21)19(22-18,16-10-6-4-7-11-16)17-12-8-5-9-13-17;/h4,6-7,10-11,17-18H,5,8-9,12-15H2,1-3H3;1H/q+1;/p-1/t18-,19+,23?;/m1./s1. The summed E-state index contributed by atoms with van der Waals surface area (Å²) in [5.74, 6) is 1.05. The van der Waals surface area contributed by atoms with E-state index in [4.69, 9.17) is 4.74 Å². The van der Waals surface area contributed by atoms with E-state index in [1.807, 2.05) is 18.2 Å². The lowest BCUT2D eigenvalue weighted by Crippen LogP contribution is -3.00. The van der Waals surface area contributed by atoms with Crippen LogP contribution >= 0.6 is 0 Å². The van der Waals surface area contributed by atoms with Gasteiger partial charge in [-0.2, -0.15) is 0 Å². The molecule has 0 N–H and O–H groups in total. The van der Waals surface area contributed by atoms with Gasteiger partial charge in [0.2, 0.25) is 0 Å². The van der Waals surface area contributed by atoms with Gasteiger partial charge in [0.1, 0.15) is 12.6 Å². The molecule has 0 aromatic heterocycles. The summed E-state index contributed by atoms with van der Waals surface area (Å²) < 4.78 is 20.8. The summed E-state index contributed by atoms with van der Waals surface area (Å²) in [6.45, 7) is 0.910. The normalized spacial score (nSPS) is 31.6. The third-order valence-corrected chi connectivity index (χ3v) is 7.10. The highest BCUT2D eigenvalue weighted by Gasteiger charge is 2.54. The topological polar surface area (TPSA) is 26.3 Å². The summed E-state index contributed by atoms with van der Waals surface area (Å²) in [5, 5.41) is 0. The molecule has 5 heteroatoms. The van der Waals surface area contributed by atoms with Crippen molar-refractivity contribution < 1.29 is 37.4 Å². The molecule has 0 radical (unpaired) electrons. The lowest BCUT2D eigenvalue weighted by molar-refractivity contribution is -0.873. The maximum absolute atomic E-state index is 13.3. The van der Waals surface area contributed by atoms with Crippen LogP contribution in [0, 0.1) is 5.92 Å². The number of rotatable bonds is 4. The first-order chi connectivity index (χ1) is 10.9. The van der Waals surface area contributed by atoms with E-state index < -0.39 is 15.7 Å². The van der Waals surface area contributed by atoms with E-state index in [0.29, 0.717) is 11.7 Å². The van der Waals surface area contributed by atoms with Crippen molar-refractivity contribution >= 4 is 10.8 Å². The van der Waals surface area contributed by atoms with E-state index in [9.17, 15) is 4.21 Å². The number of halogens is 1. The highest BCUT2D eigenvalue weighted by molar-refractivity contribution is 7.86. The third kappa shape index (κ3) is 4.22. The van der Waals surface area contributed by atoms with E-state index in [1.54, 1.807) is 0 Å². The molecule has 3 rings (SSSR count). The fraction of sp³-hybridized carbons (Fsp3) is 0.684. The van der Waals surface area contributed by atoms with Crippen LogP contribution in [-0.4, -0.2) is 48.2 Å². The molecule has 3 atom stereocenters. The second kappa shape index (κ2) is 8.14. The summed E-state index contributed by atoms with van der Waals surface area (Å²) in [6, 6.07) is 10.3. The Balaban J connectivity index is 0.00000208. The molecule has 2 aliphatic rings. The largest absolute Gasteiger partial charge is 1.00 e. The molecule has 24 heavy (non-hydrogen) atoms. The van der Waals surface area contributed by atoms with Crippen LogP contribution in [-0.2, 0) is 20.5 Å². The van der Waals surface area contributed by atoms with Gasteiger partial charge in [0.05, 0.1) is 37.7 Å². The fourth-order valence-corrected chi connectivity index (χ4v) is 6.21. The van der Waals surface area contributed by atoms with Crippen molar-refractivity contribution in [3.63, 3.8) is 0 Å². The zero-order valence-electron chi connectivity index (χ0n) is 15.0. The van der Waals surface area contributed by atoms with Crippen LogP contribution in [0.4, 0.5) is 0 Å². The summed E-state index contributed by atoms with van der Waals surface area (Å²) in [5.41, 5.74) is 1.12. The Morgan fingerprint density at radius 2 is 1.75 bits per heavy atom. The maximum Gasteiger partial charge on any atom is 0.171 e. The van der Waals surface area contributed by atoms with Crippen molar-refractivity contribution in [3.8, 4) is 0 Å². The minimum Gasteiger partial charge on any atom is -1.00 e. The Kier molecular flexibility index (Phi) is 6.90. The smallest absolute Gasteiger partial charge is 0.171 e. The monoisotopic (exact) mass is 463 g/mol. The van der Waals surface area contributed by atoms with Gasteiger partial charge in [-0.3, -0.25) is 4.21 Å². The van der Waals surface area contributed by atoms with Crippen LogP contribution in [0.25, 0.3) is 0 Å². The molecule has 0 bridgehead atoms. The minimum absolute atomic E-state index is 0. The number of ether oxygens (including phenoxy) is 1. The van der Waals surface area contributed by atoms with Crippen molar-refractivity contribution in [3.05, 3.63) is 35.9 Å². The van der Waals surface area contributed by atoms with Crippen molar-refractivity contribution in [2.45, 2.75) is 43.1 Å². The highest BCUT2D eigenvalue weighted by Crippen LogP contribution is 2.48. The number of hydrogen-bond donors (Lipinski definition) is 0. The predicted octanol–water partition coefficient (Wildman–Crippen LogP) is 0.277. The van der Waals surface area contributed by atoms with Gasteiger partial charge in [-0.25, -0.2) is 0 Å². The highest BCUT2D eigenvalue weighted by atomic mass is 127. The van der Waals surface area contributed by atoms with Gasteiger partial charge in [0.15, 0.2) is 4.93 Å². The molecule has 1 unspecified atom stereocenters. The summed E-state index contributed by atoms with van der Waals surface area (Å²) in [7, 11) is 5.56. The number of nitrogens with zero attached hydrogens (tertiary/aromatic N) is 1. The molecule has 1 saturated heterocycles. The number of quaternary nitrogens is 1. The molecule has 136 valence electrons. The molecule has 2 fully saturated rings. The summed E-state index contributed by atoms with van der Waals surface area (Å²) in [4.78, 5) is -0.582. The molecule has 0 amide bonds. The first-order valence-electron chi connectivity index (χ1n) is 8.84. The first-order valence-corrected chi connectivity index (χ1v) is 10.2. The molecule has 0 spiro atoms. The fourth-order valence-electron chi connectivity index (χ4n) is 4.20. The Hall–Kier alpha value is 0.0200. The van der Waals surface area contributed by atoms with Gasteiger partial charge >= 0.3 is 0 Å². The zero-order valence-corrected chi connectivity index (χ0v) is 18.0. The Labute approximate surface area is 166 Å². The lowest BCUT2D eigenvalue weighted by atomic mass is 9.82. The average Bonchev–Trinajstić information content (AvgIpc) is 2.84. The Morgan fingerprint density at radius 1 is 1.12 bits per heavy atom. The molecule has 1 saturated carbocycles. The van der Waals surface area contributed by atoms with Gasteiger partial charge in [0.25, 0.3) is 0 Å². The van der Waals surface area contributed by atoms with E-state index >= 15 is 0 Å². The second-order valence-corrected chi connectivity index (χ2v) is 9.72. The van der Waals surface area contributed by atoms with Gasteiger partial charge in [-0.05, 0) is 18.4 Å².